The van der Waals surface area contributed by atoms with E-state index >= 15 is 0 Å². The Kier molecular flexibility index (Phi) is 7.76. The van der Waals surface area contributed by atoms with Gasteiger partial charge < -0.3 is 9.47 Å². The van der Waals surface area contributed by atoms with Gasteiger partial charge in [-0.3, -0.25) is 9.59 Å². The van der Waals surface area contributed by atoms with E-state index in [4.69, 9.17) is 16.3 Å². The Morgan fingerprint density at radius 3 is 2.26 bits per heavy atom. The van der Waals surface area contributed by atoms with Crippen LogP contribution in [0.3, 0.4) is 0 Å². The molecular weight excluding hydrogens is 324 g/mol. The molecule has 0 aromatic heterocycles. The maximum Gasteiger partial charge on any atom is 0.359 e. The summed E-state index contributed by atoms with van der Waals surface area (Å²) < 4.78 is 9.54. The van der Waals surface area contributed by atoms with Crippen LogP contribution >= 0.6 is 11.6 Å². The highest BCUT2D eigenvalue weighted by atomic mass is 35.5. The van der Waals surface area contributed by atoms with Crippen molar-refractivity contribution >= 4 is 35.2 Å². The molecule has 0 aliphatic carbocycles. The van der Waals surface area contributed by atoms with Crippen LogP contribution < -0.4 is 5.43 Å². The molecule has 1 rings (SSSR count). The van der Waals surface area contributed by atoms with Crippen LogP contribution in [0.2, 0.25) is 5.02 Å². The van der Waals surface area contributed by atoms with Crippen molar-refractivity contribution in [2.75, 3.05) is 13.2 Å². The summed E-state index contributed by atoms with van der Waals surface area (Å²) in [7, 11) is 0. The molecule has 0 atom stereocenters. The summed E-state index contributed by atoms with van der Waals surface area (Å²) in [5, 5.41) is 4.24. The van der Waals surface area contributed by atoms with E-state index in [1.165, 1.54) is 0 Å². The van der Waals surface area contributed by atoms with Gasteiger partial charge >= 0.3 is 11.9 Å². The van der Waals surface area contributed by atoms with E-state index in [1.807, 2.05) is 0 Å². The Balaban J connectivity index is 2.87. The van der Waals surface area contributed by atoms with E-state index in [9.17, 15) is 14.4 Å². The first-order valence-corrected chi connectivity index (χ1v) is 7.30. The predicted molar refractivity (Wildman–Crippen MR) is 84.0 cm³/mol. The zero-order valence-corrected chi connectivity index (χ0v) is 13.6. The smallest absolute Gasteiger partial charge is 0.359 e. The molecule has 0 heterocycles. The third-order valence-electron chi connectivity index (χ3n) is 2.49. The number of esters is 2. The molecule has 124 valence electrons. The molecule has 0 fully saturated rings. The van der Waals surface area contributed by atoms with Crippen LogP contribution in [-0.2, 0) is 23.9 Å². The first-order valence-electron chi connectivity index (χ1n) is 6.93. The number of carbonyl (C=O) groups excluding carboxylic acids is 3. The molecule has 1 N–H and O–H groups in total. The van der Waals surface area contributed by atoms with Gasteiger partial charge in [-0.2, -0.15) is 5.10 Å². The molecular formula is C15H17ClN2O5. The summed E-state index contributed by atoms with van der Waals surface area (Å²) in [6.07, 6.45) is -0.492. The standard InChI is InChI=1S/C15H17ClN2O5/c1-3-22-13(20)9-12(19)17-18-14(15(21)23-4-2)10-5-7-11(16)8-6-10/h5-8H,3-4,9H2,1-2H3,(H,17,19). The maximum absolute atomic E-state index is 11.9. The second-order valence-corrected chi connectivity index (χ2v) is 4.64. The normalized spacial score (nSPS) is 10.8. The summed E-state index contributed by atoms with van der Waals surface area (Å²) in [5.41, 5.74) is 2.46. The lowest BCUT2D eigenvalue weighted by atomic mass is 10.1. The quantitative estimate of drug-likeness (QED) is 0.353. The number of benzene rings is 1. The van der Waals surface area contributed by atoms with Crippen molar-refractivity contribution in [1.29, 1.82) is 0 Å². The molecule has 1 aromatic rings. The average molecular weight is 341 g/mol. The van der Waals surface area contributed by atoms with Crippen molar-refractivity contribution in [3.05, 3.63) is 34.9 Å². The van der Waals surface area contributed by atoms with E-state index in [1.54, 1.807) is 38.1 Å². The lowest BCUT2D eigenvalue weighted by Crippen LogP contribution is -2.27. The van der Waals surface area contributed by atoms with Crippen molar-refractivity contribution in [1.82, 2.24) is 5.43 Å². The fraction of sp³-hybridized carbons (Fsp3) is 0.333. The molecule has 8 heteroatoms. The number of carbonyl (C=O) groups is 3. The number of rotatable bonds is 7. The Hall–Kier alpha value is -2.41. The number of hydrogen-bond donors (Lipinski definition) is 1. The Morgan fingerprint density at radius 1 is 1.09 bits per heavy atom. The van der Waals surface area contributed by atoms with Gasteiger partial charge in [0.2, 0.25) is 0 Å². The van der Waals surface area contributed by atoms with E-state index in [0.29, 0.717) is 10.6 Å². The maximum atomic E-state index is 11.9. The van der Waals surface area contributed by atoms with E-state index < -0.39 is 24.3 Å². The number of ether oxygens (including phenoxy) is 2. The van der Waals surface area contributed by atoms with Crippen LogP contribution in [0.4, 0.5) is 0 Å². The van der Waals surface area contributed by atoms with Crippen molar-refractivity contribution in [3.63, 3.8) is 0 Å². The Labute approximate surface area is 138 Å². The summed E-state index contributed by atoms with van der Waals surface area (Å²) in [4.78, 5) is 34.7. The van der Waals surface area contributed by atoms with Crippen LogP contribution in [0, 0.1) is 0 Å². The zero-order chi connectivity index (χ0) is 17.2. The molecule has 1 amide bonds. The van der Waals surface area contributed by atoms with Crippen molar-refractivity contribution < 1.29 is 23.9 Å². The highest BCUT2D eigenvalue weighted by Gasteiger charge is 2.17. The van der Waals surface area contributed by atoms with Gasteiger partial charge in [-0.15, -0.1) is 0 Å². The summed E-state index contributed by atoms with van der Waals surface area (Å²) in [6.45, 7) is 3.61. The second-order valence-electron chi connectivity index (χ2n) is 4.20. The van der Waals surface area contributed by atoms with Crippen molar-refractivity contribution in [2.45, 2.75) is 20.3 Å². The molecule has 0 radical (unpaired) electrons. The number of nitrogens with one attached hydrogen (secondary N) is 1. The highest BCUT2D eigenvalue weighted by molar-refractivity contribution is 6.43. The van der Waals surface area contributed by atoms with Gasteiger partial charge in [0.25, 0.3) is 5.91 Å². The lowest BCUT2D eigenvalue weighted by Gasteiger charge is -2.07. The SMILES string of the molecule is CCOC(=O)CC(=O)NN=C(C(=O)OCC)c1ccc(Cl)cc1. The molecule has 0 aliphatic heterocycles. The zero-order valence-electron chi connectivity index (χ0n) is 12.8. The van der Waals surface area contributed by atoms with E-state index in [2.05, 4.69) is 15.3 Å². The predicted octanol–water partition coefficient (Wildman–Crippen LogP) is 1.68. The van der Waals surface area contributed by atoms with Gasteiger partial charge in [-0.05, 0) is 26.0 Å². The number of amides is 1. The van der Waals surface area contributed by atoms with Gasteiger partial charge in [0.1, 0.15) is 6.42 Å². The molecule has 0 saturated carbocycles. The van der Waals surface area contributed by atoms with E-state index in [-0.39, 0.29) is 18.9 Å². The number of nitrogens with zero attached hydrogens (tertiary/aromatic N) is 1. The Morgan fingerprint density at radius 2 is 1.70 bits per heavy atom. The van der Waals surface area contributed by atoms with Crippen molar-refractivity contribution in [3.8, 4) is 0 Å². The van der Waals surface area contributed by atoms with Gasteiger partial charge in [0.15, 0.2) is 5.71 Å². The summed E-state index contributed by atoms with van der Waals surface area (Å²) in [6, 6.07) is 6.28. The number of halogens is 1. The number of hydrogen-bond acceptors (Lipinski definition) is 6. The molecule has 1 aromatic carbocycles. The van der Waals surface area contributed by atoms with Crippen LogP contribution in [-0.4, -0.2) is 36.8 Å². The van der Waals surface area contributed by atoms with Crippen LogP contribution in [0.15, 0.2) is 29.4 Å². The molecule has 0 bridgehead atoms. The van der Waals surface area contributed by atoms with Crippen LogP contribution in [0.25, 0.3) is 0 Å². The van der Waals surface area contributed by atoms with E-state index in [0.717, 1.165) is 0 Å². The largest absolute Gasteiger partial charge is 0.466 e. The minimum Gasteiger partial charge on any atom is -0.466 e. The fourth-order valence-electron chi connectivity index (χ4n) is 1.54. The highest BCUT2D eigenvalue weighted by Crippen LogP contribution is 2.11. The topological polar surface area (TPSA) is 94.1 Å². The first kappa shape index (κ1) is 18.6. The fourth-order valence-corrected chi connectivity index (χ4v) is 1.66. The molecule has 7 nitrogen and oxygen atoms in total. The molecule has 0 unspecified atom stereocenters. The average Bonchev–Trinajstić information content (AvgIpc) is 2.49. The van der Waals surface area contributed by atoms with Gasteiger partial charge in [0.05, 0.1) is 13.2 Å². The number of hydrazone groups is 1. The Bertz CT molecular complexity index is 598. The van der Waals surface area contributed by atoms with Crippen LogP contribution in [0.1, 0.15) is 25.8 Å². The van der Waals surface area contributed by atoms with Gasteiger partial charge in [-0.25, -0.2) is 10.2 Å². The summed E-state index contributed by atoms with van der Waals surface area (Å²) >= 11 is 5.79. The minimum atomic E-state index is -0.703. The lowest BCUT2D eigenvalue weighted by molar-refractivity contribution is -0.146. The second kappa shape index (κ2) is 9.58. The van der Waals surface area contributed by atoms with Gasteiger partial charge in [0, 0.05) is 10.6 Å². The first-order chi connectivity index (χ1) is 11.0. The van der Waals surface area contributed by atoms with Crippen LogP contribution in [0.5, 0.6) is 0 Å². The molecule has 0 aliphatic rings. The molecule has 23 heavy (non-hydrogen) atoms. The molecule has 0 spiro atoms. The monoisotopic (exact) mass is 340 g/mol. The third-order valence-corrected chi connectivity index (χ3v) is 2.74. The van der Waals surface area contributed by atoms with Gasteiger partial charge in [-0.1, -0.05) is 23.7 Å². The summed E-state index contributed by atoms with van der Waals surface area (Å²) in [5.74, 6) is -2.07. The third kappa shape index (κ3) is 6.48. The molecule has 0 saturated heterocycles. The van der Waals surface area contributed by atoms with Crippen molar-refractivity contribution in [2.24, 2.45) is 5.10 Å². The minimum absolute atomic E-state index is 0.0966.